The molecule has 1 amide bonds. The molecule has 0 saturated heterocycles. The Bertz CT molecular complexity index is 277. The molecule has 3 heteroatoms. The lowest BCUT2D eigenvalue weighted by molar-refractivity contribution is -0.163. The van der Waals surface area contributed by atoms with Crippen LogP contribution in [0.5, 0.6) is 0 Å². The van der Waals surface area contributed by atoms with E-state index in [9.17, 15) is 4.79 Å². The van der Waals surface area contributed by atoms with Gasteiger partial charge in [-0.15, -0.1) is 0 Å². The Kier molecular flexibility index (Phi) is 5.56. The molecule has 0 rings (SSSR count). The predicted molar refractivity (Wildman–Crippen MR) is 57.5 cm³/mol. The third kappa shape index (κ3) is 4.05. The molecule has 78 valence electrons. The lowest BCUT2D eigenvalue weighted by Crippen LogP contribution is -2.25. The molecule has 0 aromatic rings. The van der Waals surface area contributed by atoms with Crippen molar-refractivity contribution in [3.05, 3.63) is 36.0 Å². The number of allylic oxidation sites excluding steroid dienone is 4. The van der Waals surface area contributed by atoms with E-state index in [1.165, 1.54) is 12.2 Å². The summed E-state index contributed by atoms with van der Waals surface area (Å²) >= 11 is 0. The maximum absolute atomic E-state index is 11.5. The average Bonchev–Trinajstić information content (AvgIpc) is 2.22. The van der Waals surface area contributed by atoms with Gasteiger partial charge in [-0.25, -0.2) is 5.06 Å². The maximum Gasteiger partial charge on any atom is 0.272 e. The number of amides is 1. The second kappa shape index (κ2) is 6.16. The van der Waals surface area contributed by atoms with Crippen LogP contribution in [0.4, 0.5) is 0 Å². The molecule has 0 aliphatic heterocycles. The molecule has 0 aromatic carbocycles. The van der Waals surface area contributed by atoms with Crippen molar-refractivity contribution in [1.82, 2.24) is 5.06 Å². The number of carbonyl (C=O) groups is 1. The van der Waals surface area contributed by atoms with Crippen molar-refractivity contribution in [1.29, 1.82) is 0 Å². The van der Waals surface area contributed by atoms with Crippen molar-refractivity contribution >= 4 is 5.91 Å². The van der Waals surface area contributed by atoms with Crippen LogP contribution in [0.2, 0.25) is 0 Å². The van der Waals surface area contributed by atoms with E-state index in [0.717, 1.165) is 5.57 Å². The summed E-state index contributed by atoms with van der Waals surface area (Å²) in [6.45, 7) is 7.28. The normalized spacial score (nSPS) is 12.6. The topological polar surface area (TPSA) is 29.5 Å². The Morgan fingerprint density at radius 3 is 2.36 bits per heavy atom. The first-order valence-corrected chi connectivity index (χ1v) is 4.32. The molecule has 0 atom stereocenters. The van der Waals surface area contributed by atoms with Crippen LogP contribution in [0.1, 0.15) is 13.8 Å². The van der Waals surface area contributed by atoms with Crippen LogP contribution in [0.15, 0.2) is 36.0 Å². The van der Waals surface area contributed by atoms with Gasteiger partial charge >= 0.3 is 0 Å². The summed E-state index contributed by atoms with van der Waals surface area (Å²) in [6.07, 6.45) is 5.31. The molecular weight excluding hydrogens is 178 g/mol. The van der Waals surface area contributed by atoms with E-state index >= 15 is 0 Å². The van der Waals surface area contributed by atoms with Crippen LogP contribution in [-0.4, -0.2) is 25.1 Å². The molecule has 0 radical (unpaired) electrons. The molecule has 0 fully saturated rings. The largest absolute Gasteiger partial charge is 0.274 e. The molecule has 0 spiro atoms. The van der Waals surface area contributed by atoms with Crippen LogP contribution in [-0.2, 0) is 9.63 Å². The van der Waals surface area contributed by atoms with Crippen molar-refractivity contribution in [2.75, 3.05) is 14.2 Å². The van der Waals surface area contributed by atoms with Gasteiger partial charge < -0.3 is 0 Å². The van der Waals surface area contributed by atoms with Crippen molar-refractivity contribution in [2.45, 2.75) is 13.8 Å². The summed E-state index contributed by atoms with van der Waals surface area (Å²) in [5.41, 5.74) is 1.63. The van der Waals surface area contributed by atoms with Crippen LogP contribution in [0.3, 0.4) is 0 Å². The van der Waals surface area contributed by atoms with Gasteiger partial charge in [0.25, 0.3) is 5.91 Å². The zero-order valence-corrected chi connectivity index (χ0v) is 9.20. The third-order valence-electron chi connectivity index (χ3n) is 1.82. The standard InChI is InChI=1S/C11H17NO2/c1-6-9(2)7-8-10(3)11(13)12(4)14-5/h6-8H,1H2,2-5H3/b9-7-,10-8+. The zero-order chi connectivity index (χ0) is 11.1. The van der Waals surface area contributed by atoms with Gasteiger partial charge in [-0.2, -0.15) is 0 Å². The number of hydroxylamine groups is 2. The third-order valence-corrected chi connectivity index (χ3v) is 1.82. The summed E-state index contributed by atoms with van der Waals surface area (Å²) in [6, 6.07) is 0. The smallest absolute Gasteiger partial charge is 0.272 e. The second-order valence-corrected chi connectivity index (χ2v) is 2.95. The Morgan fingerprint density at radius 2 is 1.93 bits per heavy atom. The number of rotatable bonds is 4. The zero-order valence-electron chi connectivity index (χ0n) is 9.20. The molecule has 0 aliphatic rings. The van der Waals surface area contributed by atoms with Gasteiger partial charge in [0.1, 0.15) is 0 Å². The molecule has 0 saturated carbocycles. The number of hydrogen-bond donors (Lipinski definition) is 0. The molecule has 14 heavy (non-hydrogen) atoms. The monoisotopic (exact) mass is 195 g/mol. The first-order valence-electron chi connectivity index (χ1n) is 4.32. The van der Waals surface area contributed by atoms with Crippen molar-refractivity contribution in [3.8, 4) is 0 Å². The molecule has 0 heterocycles. The van der Waals surface area contributed by atoms with Crippen LogP contribution >= 0.6 is 0 Å². The lowest BCUT2D eigenvalue weighted by Gasteiger charge is -2.13. The fraction of sp³-hybridized carbons (Fsp3) is 0.364. The highest BCUT2D eigenvalue weighted by Crippen LogP contribution is 2.02. The Hall–Kier alpha value is -1.35. The quantitative estimate of drug-likeness (QED) is 0.390. The predicted octanol–water partition coefficient (Wildman–Crippen LogP) is 2.08. The highest BCUT2D eigenvalue weighted by atomic mass is 16.7. The van der Waals surface area contributed by atoms with E-state index in [-0.39, 0.29) is 5.91 Å². The van der Waals surface area contributed by atoms with Crippen molar-refractivity contribution < 1.29 is 9.63 Å². The van der Waals surface area contributed by atoms with Crippen molar-refractivity contribution in [3.63, 3.8) is 0 Å². The van der Waals surface area contributed by atoms with Gasteiger partial charge in [0.2, 0.25) is 0 Å². The molecule has 0 aliphatic carbocycles. The second-order valence-electron chi connectivity index (χ2n) is 2.95. The number of nitrogens with zero attached hydrogens (tertiary/aromatic N) is 1. The van der Waals surface area contributed by atoms with E-state index in [2.05, 4.69) is 6.58 Å². The molecule has 3 nitrogen and oxygen atoms in total. The summed E-state index contributed by atoms with van der Waals surface area (Å²) < 4.78 is 0. The van der Waals surface area contributed by atoms with Gasteiger partial charge in [0, 0.05) is 12.6 Å². The number of hydrogen-bond acceptors (Lipinski definition) is 2. The molecule has 0 bridgehead atoms. The molecule has 0 N–H and O–H groups in total. The number of likely N-dealkylation sites (N-methyl/N-ethyl adjacent to an activating group) is 1. The molecular formula is C11H17NO2. The Balaban J connectivity index is 4.53. The first-order chi connectivity index (χ1) is 6.52. The van der Waals surface area contributed by atoms with E-state index in [0.29, 0.717) is 5.57 Å². The minimum atomic E-state index is -0.152. The summed E-state index contributed by atoms with van der Waals surface area (Å²) in [4.78, 5) is 16.2. The van der Waals surface area contributed by atoms with Gasteiger partial charge in [-0.3, -0.25) is 9.63 Å². The minimum Gasteiger partial charge on any atom is -0.274 e. The van der Waals surface area contributed by atoms with Crippen LogP contribution < -0.4 is 0 Å². The fourth-order valence-corrected chi connectivity index (χ4v) is 0.727. The SMILES string of the molecule is C=C/C(C)=C\C=C(/C)C(=O)N(C)OC. The lowest BCUT2D eigenvalue weighted by atomic mass is 10.2. The number of carbonyl (C=O) groups excluding carboxylic acids is 1. The van der Waals surface area contributed by atoms with Gasteiger partial charge in [-0.05, 0) is 13.8 Å². The minimum absolute atomic E-state index is 0.152. The van der Waals surface area contributed by atoms with Crippen LogP contribution in [0, 0.1) is 0 Å². The van der Waals surface area contributed by atoms with Gasteiger partial charge in [-0.1, -0.05) is 30.4 Å². The first kappa shape index (κ1) is 12.7. The van der Waals surface area contributed by atoms with E-state index in [1.807, 2.05) is 13.0 Å². The molecule has 0 unspecified atom stereocenters. The van der Waals surface area contributed by atoms with Gasteiger partial charge in [0.15, 0.2) is 0 Å². The van der Waals surface area contributed by atoms with E-state index in [4.69, 9.17) is 4.84 Å². The fourth-order valence-electron chi connectivity index (χ4n) is 0.727. The Morgan fingerprint density at radius 1 is 1.36 bits per heavy atom. The van der Waals surface area contributed by atoms with E-state index in [1.54, 1.807) is 26.1 Å². The average molecular weight is 195 g/mol. The maximum atomic E-state index is 11.5. The summed E-state index contributed by atoms with van der Waals surface area (Å²) in [5.74, 6) is -0.152. The molecule has 0 aromatic heterocycles. The highest BCUT2D eigenvalue weighted by molar-refractivity contribution is 5.92. The Labute approximate surface area is 85.3 Å². The van der Waals surface area contributed by atoms with E-state index < -0.39 is 0 Å². The highest BCUT2D eigenvalue weighted by Gasteiger charge is 2.08. The summed E-state index contributed by atoms with van der Waals surface area (Å²) in [5, 5.41) is 1.18. The van der Waals surface area contributed by atoms with Gasteiger partial charge in [0.05, 0.1) is 7.11 Å². The van der Waals surface area contributed by atoms with Crippen molar-refractivity contribution in [2.24, 2.45) is 0 Å². The summed E-state index contributed by atoms with van der Waals surface area (Å²) in [7, 11) is 3.03. The van der Waals surface area contributed by atoms with Crippen LogP contribution in [0.25, 0.3) is 0 Å².